The van der Waals surface area contributed by atoms with E-state index in [1.165, 1.54) is 0 Å². The summed E-state index contributed by atoms with van der Waals surface area (Å²) in [7, 11) is -5.61. The van der Waals surface area contributed by atoms with Crippen LogP contribution in [0.3, 0.4) is 0 Å². The van der Waals surface area contributed by atoms with Crippen LogP contribution in [-0.2, 0) is 17.1 Å². The minimum absolute atomic E-state index is 0. The molecule has 1 radical (unpaired) electrons. The summed E-state index contributed by atoms with van der Waals surface area (Å²) in [6.07, 6.45) is 0. The molecule has 0 aromatic rings. The Morgan fingerprint density at radius 2 is 0.857 bits per heavy atom. The van der Waals surface area contributed by atoms with Crippen LogP contribution in [0.25, 0.3) is 0 Å². The molecule has 0 rings (SSSR count). The first-order chi connectivity index (χ1) is 2.00. The van der Waals surface area contributed by atoms with Gasteiger partial charge in [0.2, 0.25) is 0 Å². The Labute approximate surface area is 68.3 Å². The topological polar surface area (TPSA) is 92.2 Å². The molecule has 0 saturated heterocycles. The third-order valence-electron chi connectivity index (χ3n) is 0. The molecule has 0 aromatic heterocycles. The first kappa shape index (κ1) is 15.8. The van der Waals surface area contributed by atoms with Crippen LogP contribution in [-0.4, -0.2) is 32.1 Å². The minimum Gasteiger partial charge on any atom is -0.894 e. The van der Waals surface area contributed by atoms with Gasteiger partial charge in [0.25, 0.3) is 0 Å². The Kier molecular flexibility index (Phi) is 12.3. The van der Waals surface area contributed by atoms with Crippen molar-refractivity contribution >= 4 is 32.1 Å². The van der Waals surface area contributed by atoms with Gasteiger partial charge in [0.1, 0.15) is 0 Å². The Bertz CT molecular complexity index is 27.2. The summed E-state index contributed by atoms with van der Waals surface area (Å²) in [6, 6.07) is 0. The fraction of sp³-hybridized carbons (Fsp3) is 0. The van der Waals surface area contributed by atoms with Crippen LogP contribution in [0.1, 0.15) is 0 Å². The van der Waals surface area contributed by atoms with Gasteiger partial charge in [0.15, 0.2) is 0 Å². The Morgan fingerprint density at radius 3 is 0.857 bits per heavy atom. The van der Waals surface area contributed by atoms with Crippen molar-refractivity contribution in [3.63, 3.8) is 0 Å². The standard InChI is InChI=1S/Cu.Mg.O4Si/c;;1-5(2,3)4/q2*+2;-4. The predicted molar refractivity (Wildman–Crippen MR) is 11.5 cm³/mol. The van der Waals surface area contributed by atoms with Crippen LogP contribution in [0, 0.1) is 0 Å². The number of rotatable bonds is 0. The van der Waals surface area contributed by atoms with Gasteiger partial charge in [0, 0.05) is 0 Å². The average molecular weight is 180 g/mol. The predicted octanol–water partition coefficient (Wildman–Crippen LogP) is -5.52. The van der Waals surface area contributed by atoms with E-state index in [-0.39, 0.29) is 40.1 Å². The van der Waals surface area contributed by atoms with Crippen molar-refractivity contribution in [3.8, 4) is 0 Å². The molecule has 0 spiro atoms. The molecule has 0 heterocycles. The maximum atomic E-state index is 8.58. The molecule has 0 aliphatic carbocycles. The molecule has 7 heavy (non-hydrogen) atoms. The van der Waals surface area contributed by atoms with Gasteiger partial charge in [-0.1, -0.05) is 0 Å². The molecule has 0 aliphatic rings. The normalized spacial score (nSPS) is 8.57. The minimum atomic E-state index is -5.61. The van der Waals surface area contributed by atoms with Crippen LogP contribution in [0.4, 0.5) is 0 Å². The third-order valence-corrected chi connectivity index (χ3v) is 0. The van der Waals surface area contributed by atoms with Crippen LogP contribution in [0.5, 0.6) is 0 Å². The summed E-state index contributed by atoms with van der Waals surface area (Å²) in [5.74, 6) is 0. The van der Waals surface area contributed by atoms with Crippen LogP contribution in [0.15, 0.2) is 0 Å². The molecule has 0 amide bonds. The summed E-state index contributed by atoms with van der Waals surface area (Å²) in [4.78, 5) is 34.3. The van der Waals surface area contributed by atoms with E-state index in [1.54, 1.807) is 0 Å². The van der Waals surface area contributed by atoms with E-state index in [0.717, 1.165) is 0 Å². The van der Waals surface area contributed by atoms with Crippen molar-refractivity contribution in [1.29, 1.82) is 0 Å². The Morgan fingerprint density at radius 1 is 0.857 bits per heavy atom. The van der Waals surface area contributed by atoms with E-state index >= 15 is 0 Å². The summed E-state index contributed by atoms with van der Waals surface area (Å²) in [5, 5.41) is 0. The molecule has 0 atom stereocenters. The SMILES string of the molecule is [Cu+2].[Mg+2].[O-][Si]([O-])([O-])[O-]. The first-order valence-corrected chi connectivity index (χ1v) is 2.45. The molecule has 0 saturated carbocycles. The summed E-state index contributed by atoms with van der Waals surface area (Å²) in [6.45, 7) is 0. The van der Waals surface area contributed by atoms with E-state index in [0.29, 0.717) is 0 Å². The smallest absolute Gasteiger partial charge is 0.894 e. The van der Waals surface area contributed by atoms with Gasteiger partial charge >= 0.3 is 40.1 Å². The van der Waals surface area contributed by atoms with E-state index in [4.69, 9.17) is 19.2 Å². The zero-order valence-corrected chi connectivity index (χ0v) is 6.50. The second kappa shape index (κ2) is 5.48. The number of hydrogen-bond acceptors (Lipinski definition) is 4. The quantitative estimate of drug-likeness (QED) is 0.347. The second-order valence-electron chi connectivity index (χ2n) is 0.500. The van der Waals surface area contributed by atoms with E-state index in [1.807, 2.05) is 0 Å². The summed E-state index contributed by atoms with van der Waals surface area (Å²) < 4.78 is 0. The Balaban J connectivity index is -0.0000000800. The van der Waals surface area contributed by atoms with Gasteiger partial charge in [-0.2, -0.15) is 0 Å². The van der Waals surface area contributed by atoms with Gasteiger partial charge in [-0.15, -0.1) is 0 Å². The maximum Gasteiger partial charge on any atom is 2.00 e. The fourth-order valence-corrected chi connectivity index (χ4v) is 0. The van der Waals surface area contributed by atoms with Crippen molar-refractivity contribution in [3.05, 3.63) is 0 Å². The van der Waals surface area contributed by atoms with Gasteiger partial charge in [-0.25, -0.2) is 0 Å². The molecule has 0 N–H and O–H groups in total. The fourth-order valence-electron chi connectivity index (χ4n) is 0. The monoisotopic (exact) mass is 179 g/mol. The molecule has 41 valence electrons. The third kappa shape index (κ3) is 116. The molecule has 7 heteroatoms. The van der Waals surface area contributed by atoms with Crippen molar-refractivity contribution in [2.75, 3.05) is 0 Å². The van der Waals surface area contributed by atoms with Crippen molar-refractivity contribution in [2.24, 2.45) is 0 Å². The van der Waals surface area contributed by atoms with Crippen molar-refractivity contribution < 1.29 is 36.3 Å². The zero-order chi connectivity index (χ0) is 4.50. The second-order valence-corrected chi connectivity index (χ2v) is 1.50. The van der Waals surface area contributed by atoms with Gasteiger partial charge in [-0.05, 0) is 0 Å². The van der Waals surface area contributed by atoms with Crippen LogP contribution >= 0.6 is 0 Å². The summed E-state index contributed by atoms with van der Waals surface area (Å²) >= 11 is 0. The van der Waals surface area contributed by atoms with E-state index in [9.17, 15) is 0 Å². The van der Waals surface area contributed by atoms with Crippen molar-refractivity contribution in [1.82, 2.24) is 0 Å². The van der Waals surface area contributed by atoms with Crippen molar-refractivity contribution in [2.45, 2.75) is 0 Å². The molecule has 0 aliphatic heterocycles. The molecule has 0 aromatic carbocycles. The molecular weight excluding hydrogens is 180 g/mol. The molecule has 0 unspecified atom stereocenters. The first-order valence-electron chi connectivity index (χ1n) is 0.816. The zero-order valence-electron chi connectivity index (χ0n) is 3.14. The van der Waals surface area contributed by atoms with Gasteiger partial charge < -0.3 is 28.2 Å². The molecule has 0 bridgehead atoms. The van der Waals surface area contributed by atoms with E-state index < -0.39 is 9.05 Å². The van der Waals surface area contributed by atoms with Crippen LogP contribution < -0.4 is 19.2 Å². The maximum absolute atomic E-state index is 8.58. The van der Waals surface area contributed by atoms with Gasteiger partial charge in [0.05, 0.1) is 0 Å². The molecular formula is CuMgO4Si. The summed E-state index contributed by atoms with van der Waals surface area (Å²) in [5.41, 5.74) is 0. The average Bonchev–Trinajstić information content (AvgIpc) is 0.722. The molecule has 0 fully saturated rings. The van der Waals surface area contributed by atoms with E-state index in [2.05, 4.69) is 0 Å². The Hall–Kier alpha value is 1.34. The largest absolute Gasteiger partial charge is 2.00 e. The van der Waals surface area contributed by atoms with Crippen LogP contribution in [0.2, 0.25) is 0 Å². The van der Waals surface area contributed by atoms with Gasteiger partial charge in [-0.3, -0.25) is 0 Å². The molecule has 4 nitrogen and oxygen atoms in total. The number of hydrogen-bond donors (Lipinski definition) is 0.